The quantitative estimate of drug-likeness (QED) is 0.491. The van der Waals surface area contributed by atoms with Crippen LogP contribution in [0.5, 0.6) is 0 Å². The molecule has 0 amide bonds. The lowest BCUT2D eigenvalue weighted by molar-refractivity contribution is -0.129. The smallest absolute Gasteiger partial charge is 0.202 e. The van der Waals surface area contributed by atoms with E-state index in [-0.39, 0.29) is 12.4 Å². The van der Waals surface area contributed by atoms with Gasteiger partial charge in [-0.1, -0.05) is 64.7 Å². The molecular formula is C19H34O3. The molecule has 128 valence electrons. The molecule has 0 fully saturated rings. The maximum absolute atomic E-state index is 12.0. The number of carbonyl (C=O) groups is 1. The number of ether oxygens (including phenoxy) is 1. The third kappa shape index (κ3) is 6.95. The molecule has 1 heterocycles. The van der Waals surface area contributed by atoms with Crippen molar-refractivity contribution >= 4 is 5.78 Å². The third-order valence-electron chi connectivity index (χ3n) is 4.54. The Bertz CT molecular complexity index is 349. The molecule has 1 unspecified atom stereocenters. The molecule has 0 spiro atoms. The molecule has 3 nitrogen and oxygen atoms in total. The minimum absolute atomic E-state index is 0.0352. The van der Waals surface area contributed by atoms with Crippen LogP contribution in [0.15, 0.2) is 11.8 Å². The summed E-state index contributed by atoms with van der Waals surface area (Å²) in [5, 5.41) is 8.92. The molecule has 0 bridgehead atoms. The Kier molecular flexibility index (Phi) is 9.45. The topological polar surface area (TPSA) is 46.5 Å². The molecule has 1 N–H and O–H groups in total. The SMILES string of the molecule is CCCCCCCCCCCCC1(C)OC(CCO)=CC1=O. The molecule has 0 saturated heterocycles. The summed E-state index contributed by atoms with van der Waals surface area (Å²) in [6.07, 6.45) is 15.7. The molecule has 1 aliphatic rings. The number of aliphatic hydroxyl groups is 1. The second-order valence-corrected chi connectivity index (χ2v) is 6.71. The first-order valence-corrected chi connectivity index (χ1v) is 9.17. The molecule has 0 saturated carbocycles. The lowest BCUT2D eigenvalue weighted by Gasteiger charge is -2.23. The highest BCUT2D eigenvalue weighted by atomic mass is 16.5. The second-order valence-electron chi connectivity index (χ2n) is 6.71. The number of unbranched alkanes of at least 4 members (excludes halogenated alkanes) is 9. The maximum Gasteiger partial charge on any atom is 0.202 e. The van der Waals surface area contributed by atoms with Crippen molar-refractivity contribution in [3.8, 4) is 0 Å². The molecule has 3 heteroatoms. The first kappa shape index (κ1) is 19.2. The normalized spacial score (nSPS) is 21.0. The molecular weight excluding hydrogens is 276 g/mol. The van der Waals surface area contributed by atoms with Crippen molar-refractivity contribution in [3.05, 3.63) is 11.8 Å². The van der Waals surface area contributed by atoms with Gasteiger partial charge in [0.1, 0.15) is 5.76 Å². The van der Waals surface area contributed by atoms with E-state index in [9.17, 15) is 4.79 Å². The van der Waals surface area contributed by atoms with Gasteiger partial charge in [-0.15, -0.1) is 0 Å². The first-order chi connectivity index (χ1) is 10.6. The van der Waals surface area contributed by atoms with E-state index in [1.807, 2.05) is 6.92 Å². The van der Waals surface area contributed by atoms with E-state index in [0.717, 1.165) is 12.8 Å². The Balaban J connectivity index is 2.02. The van der Waals surface area contributed by atoms with Gasteiger partial charge in [0.15, 0.2) is 5.60 Å². The first-order valence-electron chi connectivity index (χ1n) is 9.17. The lowest BCUT2D eigenvalue weighted by Crippen LogP contribution is -2.32. The average Bonchev–Trinajstić information content (AvgIpc) is 2.76. The summed E-state index contributed by atoms with van der Waals surface area (Å²) >= 11 is 0. The molecule has 0 aromatic rings. The minimum Gasteiger partial charge on any atom is -0.484 e. The largest absolute Gasteiger partial charge is 0.484 e. The fourth-order valence-electron chi connectivity index (χ4n) is 3.03. The van der Waals surface area contributed by atoms with Crippen LogP contribution < -0.4 is 0 Å². The lowest BCUT2D eigenvalue weighted by atomic mass is 9.94. The standard InChI is InChI=1S/C19H34O3/c1-3-4-5-6-7-8-9-10-11-12-14-19(2)18(21)16-17(22-19)13-15-20/h16,20H,3-15H2,1-2H3. The van der Waals surface area contributed by atoms with Crippen LogP contribution in [0.2, 0.25) is 0 Å². The number of ketones is 1. The van der Waals surface area contributed by atoms with Gasteiger partial charge in [0.2, 0.25) is 5.78 Å². The van der Waals surface area contributed by atoms with Crippen molar-refractivity contribution in [2.75, 3.05) is 6.61 Å². The predicted octanol–water partition coefficient (Wildman–Crippen LogP) is 4.92. The van der Waals surface area contributed by atoms with E-state index in [1.54, 1.807) is 6.08 Å². The Morgan fingerprint density at radius 3 is 2.09 bits per heavy atom. The number of carbonyl (C=O) groups excluding carboxylic acids is 1. The number of aliphatic hydroxyl groups excluding tert-OH is 1. The van der Waals surface area contributed by atoms with E-state index < -0.39 is 5.60 Å². The molecule has 0 radical (unpaired) electrons. The van der Waals surface area contributed by atoms with Gasteiger partial charge in [-0.3, -0.25) is 4.79 Å². The van der Waals surface area contributed by atoms with Gasteiger partial charge in [0.05, 0.1) is 6.61 Å². The Labute approximate surface area is 136 Å². The van der Waals surface area contributed by atoms with Crippen molar-refractivity contribution in [1.82, 2.24) is 0 Å². The van der Waals surface area contributed by atoms with Crippen molar-refractivity contribution in [2.45, 2.75) is 96.5 Å². The van der Waals surface area contributed by atoms with Gasteiger partial charge in [-0.25, -0.2) is 0 Å². The van der Waals surface area contributed by atoms with Gasteiger partial charge < -0.3 is 9.84 Å². The highest BCUT2D eigenvalue weighted by molar-refractivity contribution is 5.99. The monoisotopic (exact) mass is 310 g/mol. The summed E-state index contributed by atoms with van der Waals surface area (Å²) in [6, 6.07) is 0. The zero-order valence-corrected chi connectivity index (χ0v) is 14.5. The fourth-order valence-corrected chi connectivity index (χ4v) is 3.03. The second kappa shape index (κ2) is 10.8. The summed E-state index contributed by atoms with van der Waals surface area (Å²) in [5.74, 6) is 0.703. The van der Waals surface area contributed by atoms with E-state index in [2.05, 4.69) is 6.92 Å². The molecule has 1 rings (SSSR count). The van der Waals surface area contributed by atoms with Crippen LogP contribution in [-0.4, -0.2) is 23.1 Å². The van der Waals surface area contributed by atoms with Crippen molar-refractivity contribution in [3.63, 3.8) is 0 Å². The minimum atomic E-state index is -0.676. The number of hydrogen-bond acceptors (Lipinski definition) is 3. The van der Waals surface area contributed by atoms with Gasteiger partial charge in [-0.2, -0.15) is 0 Å². The van der Waals surface area contributed by atoms with Gasteiger partial charge in [0, 0.05) is 12.5 Å². The summed E-state index contributed by atoms with van der Waals surface area (Å²) < 4.78 is 5.74. The van der Waals surface area contributed by atoms with Crippen LogP contribution >= 0.6 is 0 Å². The summed E-state index contributed by atoms with van der Waals surface area (Å²) in [4.78, 5) is 12.0. The Hall–Kier alpha value is -0.830. The van der Waals surface area contributed by atoms with Crippen molar-refractivity contribution < 1.29 is 14.6 Å². The molecule has 1 aliphatic heterocycles. The summed E-state index contributed by atoms with van der Waals surface area (Å²) in [5.41, 5.74) is -0.676. The molecule has 0 aromatic carbocycles. The fraction of sp³-hybridized carbons (Fsp3) is 0.842. The molecule has 22 heavy (non-hydrogen) atoms. The zero-order chi connectivity index (χ0) is 16.3. The Morgan fingerprint density at radius 1 is 1.00 bits per heavy atom. The maximum atomic E-state index is 12.0. The highest BCUT2D eigenvalue weighted by Crippen LogP contribution is 2.31. The highest BCUT2D eigenvalue weighted by Gasteiger charge is 2.38. The molecule has 1 atom stereocenters. The third-order valence-corrected chi connectivity index (χ3v) is 4.54. The van der Waals surface area contributed by atoms with Gasteiger partial charge in [-0.05, 0) is 19.8 Å². The van der Waals surface area contributed by atoms with Crippen molar-refractivity contribution in [2.24, 2.45) is 0 Å². The van der Waals surface area contributed by atoms with E-state index in [1.165, 1.54) is 57.8 Å². The van der Waals surface area contributed by atoms with Crippen LogP contribution in [0.25, 0.3) is 0 Å². The summed E-state index contributed by atoms with van der Waals surface area (Å²) in [7, 11) is 0. The van der Waals surface area contributed by atoms with Crippen LogP contribution in [0.4, 0.5) is 0 Å². The number of rotatable bonds is 13. The van der Waals surface area contributed by atoms with Crippen LogP contribution in [0, 0.1) is 0 Å². The van der Waals surface area contributed by atoms with E-state index >= 15 is 0 Å². The van der Waals surface area contributed by atoms with Gasteiger partial charge in [0.25, 0.3) is 0 Å². The van der Waals surface area contributed by atoms with Crippen LogP contribution in [0.3, 0.4) is 0 Å². The predicted molar refractivity (Wildman–Crippen MR) is 90.7 cm³/mol. The number of hydrogen-bond donors (Lipinski definition) is 1. The zero-order valence-electron chi connectivity index (χ0n) is 14.5. The molecule has 0 aromatic heterocycles. The average molecular weight is 310 g/mol. The molecule has 0 aliphatic carbocycles. The van der Waals surface area contributed by atoms with E-state index in [0.29, 0.717) is 12.2 Å². The van der Waals surface area contributed by atoms with Crippen molar-refractivity contribution in [1.29, 1.82) is 0 Å². The summed E-state index contributed by atoms with van der Waals surface area (Å²) in [6.45, 7) is 4.17. The van der Waals surface area contributed by atoms with Gasteiger partial charge >= 0.3 is 0 Å². The Morgan fingerprint density at radius 2 is 1.55 bits per heavy atom. The van der Waals surface area contributed by atoms with Crippen LogP contribution in [-0.2, 0) is 9.53 Å². The van der Waals surface area contributed by atoms with Crippen LogP contribution in [0.1, 0.15) is 90.9 Å². The van der Waals surface area contributed by atoms with E-state index in [4.69, 9.17) is 9.84 Å².